The number of methoxy groups -OCH3 is 1. The highest BCUT2D eigenvalue weighted by Crippen LogP contribution is 2.29. The third-order valence-corrected chi connectivity index (χ3v) is 6.25. The van der Waals surface area contributed by atoms with Gasteiger partial charge in [-0.15, -0.1) is 0 Å². The minimum atomic E-state index is -0.710. The van der Waals surface area contributed by atoms with E-state index in [9.17, 15) is 4.39 Å². The SMILES string of the molecule is COc1cncc(-c2ccc(C(C)C(C)CN3C=C(CN4CC[C@H](F)C4)ON3)cc2)c1. The molecule has 4 rings (SSSR count). The summed E-state index contributed by atoms with van der Waals surface area (Å²) in [5, 5.41) is 1.98. The summed E-state index contributed by atoms with van der Waals surface area (Å²) in [5.41, 5.74) is 6.43. The fourth-order valence-electron chi connectivity index (χ4n) is 4.12. The van der Waals surface area contributed by atoms with Crippen LogP contribution in [0.2, 0.25) is 0 Å². The maximum absolute atomic E-state index is 13.4. The topological polar surface area (TPSA) is 49.9 Å². The van der Waals surface area contributed by atoms with E-state index in [4.69, 9.17) is 9.57 Å². The van der Waals surface area contributed by atoms with E-state index in [0.717, 1.165) is 35.7 Å². The van der Waals surface area contributed by atoms with Gasteiger partial charge >= 0.3 is 0 Å². The molecule has 2 aliphatic rings. The molecule has 2 unspecified atom stereocenters. The molecule has 0 bridgehead atoms. The number of aromatic nitrogens is 1. The second-order valence-electron chi connectivity index (χ2n) is 8.56. The Hall–Kier alpha value is -2.64. The zero-order chi connectivity index (χ0) is 21.8. The second kappa shape index (κ2) is 9.66. The highest BCUT2D eigenvalue weighted by molar-refractivity contribution is 5.64. The maximum atomic E-state index is 13.4. The summed E-state index contributed by atoms with van der Waals surface area (Å²) in [5.74, 6) is 2.37. The molecule has 0 aliphatic carbocycles. The summed E-state index contributed by atoms with van der Waals surface area (Å²) in [6, 6.07) is 10.6. The Bertz CT molecular complexity index is 905. The lowest BCUT2D eigenvalue weighted by Gasteiger charge is -2.24. The number of hydrazine groups is 1. The molecule has 166 valence electrons. The summed E-state index contributed by atoms with van der Waals surface area (Å²) >= 11 is 0. The molecule has 2 aliphatic heterocycles. The van der Waals surface area contributed by atoms with E-state index < -0.39 is 6.17 Å². The second-order valence-corrected chi connectivity index (χ2v) is 8.56. The van der Waals surface area contributed by atoms with E-state index in [1.165, 1.54) is 5.56 Å². The Labute approximate surface area is 183 Å². The van der Waals surface area contributed by atoms with Gasteiger partial charge in [-0.1, -0.05) is 43.7 Å². The number of benzene rings is 1. The van der Waals surface area contributed by atoms with Crippen LogP contribution in [0.4, 0.5) is 4.39 Å². The van der Waals surface area contributed by atoms with Gasteiger partial charge in [0.25, 0.3) is 0 Å². The van der Waals surface area contributed by atoms with Crippen LogP contribution in [-0.2, 0) is 4.84 Å². The van der Waals surface area contributed by atoms with Gasteiger partial charge in [-0.3, -0.25) is 14.9 Å². The molecule has 3 heterocycles. The van der Waals surface area contributed by atoms with Crippen molar-refractivity contribution >= 4 is 0 Å². The predicted octanol–water partition coefficient (Wildman–Crippen LogP) is 4.13. The van der Waals surface area contributed by atoms with Crippen LogP contribution >= 0.6 is 0 Å². The monoisotopic (exact) mass is 426 g/mol. The van der Waals surface area contributed by atoms with Crippen LogP contribution in [-0.4, -0.2) is 54.4 Å². The fraction of sp³-hybridized carbons (Fsp3) is 0.458. The maximum Gasteiger partial charge on any atom is 0.158 e. The number of hydrogen-bond donors (Lipinski definition) is 1. The fourth-order valence-corrected chi connectivity index (χ4v) is 4.12. The first-order valence-corrected chi connectivity index (χ1v) is 10.9. The number of hydrogen-bond acceptors (Lipinski definition) is 6. The quantitative estimate of drug-likeness (QED) is 0.685. The van der Waals surface area contributed by atoms with Crippen LogP contribution in [0, 0.1) is 5.92 Å². The van der Waals surface area contributed by atoms with Crippen LogP contribution in [0.15, 0.2) is 54.7 Å². The zero-order valence-electron chi connectivity index (χ0n) is 18.4. The molecule has 31 heavy (non-hydrogen) atoms. The van der Waals surface area contributed by atoms with Crippen molar-refractivity contribution in [3.63, 3.8) is 0 Å². The van der Waals surface area contributed by atoms with Gasteiger partial charge in [-0.05, 0) is 35.4 Å². The number of nitrogens with zero attached hydrogens (tertiary/aromatic N) is 3. The molecule has 6 nitrogen and oxygen atoms in total. The van der Waals surface area contributed by atoms with Gasteiger partial charge in [0.05, 0.1) is 26.1 Å². The number of halogens is 1. The van der Waals surface area contributed by atoms with E-state index in [1.807, 2.05) is 23.5 Å². The first kappa shape index (κ1) is 21.6. The Morgan fingerprint density at radius 1 is 1.23 bits per heavy atom. The van der Waals surface area contributed by atoms with Gasteiger partial charge in [-0.2, -0.15) is 0 Å². The molecule has 1 N–H and O–H groups in total. The van der Waals surface area contributed by atoms with Gasteiger partial charge in [0.15, 0.2) is 5.76 Å². The van der Waals surface area contributed by atoms with E-state index in [-0.39, 0.29) is 0 Å². The molecule has 1 saturated heterocycles. The molecule has 0 radical (unpaired) electrons. The largest absolute Gasteiger partial charge is 0.495 e. The third-order valence-electron chi connectivity index (χ3n) is 6.25. The molecule has 0 amide bonds. The van der Waals surface area contributed by atoms with Crippen LogP contribution in [0.3, 0.4) is 0 Å². The van der Waals surface area contributed by atoms with Gasteiger partial charge in [0, 0.05) is 31.4 Å². The van der Waals surface area contributed by atoms with Gasteiger partial charge in [-0.25, -0.2) is 4.39 Å². The molecule has 1 fully saturated rings. The highest BCUT2D eigenvalue weighted by Gasteiger charge is 2.26. The minimum Gasteiger partial charge on any atom is -0.495 e. The van der Waals surface area contributed by atoms with Gasteiger partial charge in [0.1, 0.15) is 11.9 Å². The standard InChI is InChI=1S/C24H31FN4O2/c1-17(13-29-16-24(31-27-29)15-28-9-8-22(25)14-28)18(2)19-4-6-20(7-5-19)21-10-23(30-3)12-26-11-21/h4-7,10-12,16-18,22,27H,8-9,13-15H2,1-3H3/t17?,18?,22-/m0/s1. The molecule has 2 aromatic rings. The third kappa shape index (κ3) is 5.35. The lowest BCUT2D eigenvalue weighted by Crippen LogP contribution is -2.33. The van der Waals surface area contributed by atoms with Crippen molar-refractivity contribution in [3.8, 4) is 16.9 Å². The molecule has 0 saturated carbocycles. The summed E-state index contributed by atoms with van der Waals surface area (Å²) < 4.78 is 18.6. The summed E-state index contributed by atoms with van der Waals surface area (Å²) in [6.45, 7) is 7.24. The molecule has 0 spiro atoms. The Morgan fingerprint density at radius 3 is 2.74 bits per heavy atom. The summed E-state index contributed by atoms with van der Waals surface area (Å²) in [6.07, 6.45) is 5.46. The first-order chi connectivity index (χ1) is 15.0. The highest BCUT2D eigenvalue weighted by atomic mass is 19.1. The normalized spacial score (nSPS) is 21.0. The van der Waals surface area contributed by atoms with Crippen molar-refractivity contribution < 1.29 is 14.0 Å². The Balaban J connectivity index is 1.33. The zero-order valence-corrected chi connectivity index (χ0v) is 18.4. The average molecular weight is 427 g/mol. The van der Waals surface area contributed by atoms with Crippen molar-refractivity contribution in [2.45, 2.75) is 32.4 Å². The number of likely N-dealkylation sites (tertiary alicyclic amines) is 1. The van der Waals surface area contributed by atoms with Crippen molar-refractivity contribution in [2.24, 2.45) is 5.92 Å². The van der Waals surface area contributed by atoms with E-state index in [1.54, 1.807) is 13.3 Å². The molecule has 3 atom stereocenters. The lowest BCUT2D eigenvalue weighted by molar-refractivity contribution is 0.00787. The number of alkyl halides is 1. The minimum absolute atomic E-state index is 0.377. The molecule has 1 aromatic carbocycles. The average Bonchev–Trinajstić information content (AvgIpc) is 3.41. The van der Waals surface area contributed by atoms with Crippen molar-refractivity contribution in [1.29, 1.82) is 0 Å². The van der Waals surface area contributed by atoms with Crippen LogP contribution in [0.1, 0.15) is 31.7 Å². The molecule has 7 heteroatoms. The van der Waals surface area contributed by atoms with E-state index in [2.05, 4.69) is 53.6 Å². The van der Waals surface area contributed by atoms with E-state index >= 15 is 0 Å². The number of pyridine rings is 1. The van der Waals surface area contributed by atoms with Gasteiger partial charge < -0.3 is 9.57 Å². The van der Waals surface area contributed by atoms with E-state index in [0.29, 0.717) is 31.3 Å². The van der Waals surface area contributed by atoms with Crippen molar-refractivity contribution in [1.82, 2.24) is 20.5 Å². The first-order valence-electron chi connectivity index (χ1n) is 10.9. The molecular weight excluding hydrogens is 395 g/mol. The smallest absolute Gasteiger partial charge is 0.158 e. The Morgan fingerprint density at radius 2 is 2.03 bits per heavy atom. The molecule has 1 aromatic heterocycles. The number of rotatable bonds is 8. The van der Waals surface area contributed by atoms with Gasteiger partial charge in [0.2, 0.25) is 0 Å². The molecular formula is C24H31FN4O2. The van der Waals surface area contributed by atoms with Crippen molar-refractivity contribution in [2.75, 3.05) is 33.3 Å². The number of nitrogens with one attached hydrogen (secondary N) is 1. The summed E-state index contributed by atoms with van der Waals surface area (Å²) in [7, 11) is 1.65. The van der Waals surface area contributed by atoms with Crippen molar-refractivity contribution in [3.05, 3.63) is 60.2 Å². The van der Waals surface area contributed by atoms with Crippen LogP contribution < -0.4 is 10.3 Å². The lowest BCUT2D eigenvalue weighted by atomic mass is 9.88. The van der Waals surface area contributed by atoms with Crippen LogP contribution in [0.5, 0.6) is 5.75 Å². The van der Waals surface area contributed by atoms with Crippen LogP contribution in [0.25, 0.3) is 11.1 Å². The predicted molar refractivity (Wildman–Crippen MR) is 119 cm³/mol. The number of ether oxygens (including phenoxy) is 1. The summed E-state index contributed by atoms with van der Waals surface area (Å²) in [4.78, 5) is 11.9. The Kier molecular flexibility index (Phi) is 6.73.